The maximum absolute atomic E-state index is 5.73. The average molecular weight is 274 g/mol. The summed E-state index contributed by atoms with van der Waals surface area (Å²) in [5, 5.41) is 10.9. The second kappa shape index (κ2) is 5.72. The van der Waals surface area contributed by atoms with Gasteiger partial charge < -0.3 is 0 Å². The van der Waals surface area contributed by atoms with Gasteiger partial charge in [-0.15, -0.1) is 21.5 Å². The van der Waals surface area contributed by atoms with Crippen molar-refractivity contribution < 1.29 is 0 Å². The summed E-state index contributed by atoms with van der Waals surface area (Å²) < 4.78 is 0.515. The van der Waals surface area contributed by atoms with Gasteiger partial charge in [0.25, 0.3) is 0 Å². The fourth-order valence-corrected chi connectivity index (χ4v) is 3.01. The molecule has 2 aromatic rings. The second-order valence-electron chi connectivity index (χ2n) is 3.52. The van der Waals surface area contributed by atoms with E-state index in [0.717, 1.165) is 24.5 Å². The number of nitrogens with zero attached hydrogens (tertiary/aromatic N) is 3. The Balaban J connectivity index is 1.78. The first-order chi connectivity index (χ1) is 7.74. The van der Waals surface area contributed by atoms with E-state index in [2.05, 4.69) is 39.7 Å². The van der Waals surface area contributed by atoms with Crippen LogP contribution in [0, 0.1) is 0 Å². The molecule has 0 N–H and O–H groups in total. The molecular weight excluding hydrogens is 262 g/mol. The van der Waals surface area contributed by atoms with Crippen LogP contribution in [0.25, 0.3) is 0 Å². The third kappa shape index (κ3) is 3.52. The average Bonchev–Trinajstić information content (AvgIpc) is 2.87. The van der Waals surface area contributed by atoms with Crippen molar-refractivity contribution in [2.24, 2.45) is 0 Å². The molecule has 0 aliphatic carbocycles. The zero-order valence-corrected chi connectivity index (χ0v) is 11.3. The molecule has 2 rings (SSSR count). The van der Waals surface area contributed by atoms with Gasteiger partial charge in [0, 0.05) is 11.4 Å². The minimum absolute atomic E-state index is 0.515. The van der Waals surface area contributed by atoms with Crippen molar-refractivity contribution in [3.63, 3.8) is 0 Å². The molecule has 0 amide bonds. The number of hydrogen-bond donors (Lipinski definition) is 0. The van der Waals surface area contributed by atoms with E-state index in [4.69, 9.17) is 11.6 Å². The van der Waals surface area contributed by atoms with E-state index in [1.165, 1.54) is 16.2 Å². The molecule has 0 radical (unpaired) electrons. The lowest BCUT2D eigenvalue weighted by molar-refractivity contribution is 0.330. The molecule has 0 aliphatic rings. The van der Waals surface area contributed by atoms with Crippen LogP contribution in [0.2, 0.25) is 4.47 Å². The van der Waals surface area contributed by atoms with E-state index >= 15 is 0 Å². The fourth-order valence-electron chi connectivity index (χ4n) is 1.36. The van der Waals surface area contributed by atoms with Crippen LogP contribution in [0.15, 0.2) is 17.5 Å². The van der Waals surface area contributed by atoms with E-state index in [1.54, 1.807) is 11.3 Å². The predicted octanol–water partition coefficient (Wildman–Crippen LogP) is 2.93. The minimum atomic E-state index is 0.515. The van der Waals surface area contributed by atoms with Gasteiger partial charge in [-0.25, -0.2) is 0 Å². The lowest BCUT2D eigenvalue weighted by atomic mass is 10.3. The summed E-state index contributed by atoms with van der Waals surface area (Å²) >= 11 is 8.98. The smallest absolute Gasteiger partial charge is 0.207 e. The number of aromatic nitrogens is 2. The van der Waals surface area contributed by atoms with Gasteiger partial charge >= 0.3 is 0 Å². The van der Waals surface area contributed by atoms with Gasteiger partial charge in [-0.2, -0.15) is 0 Å². The van der Waals surface area contributed by atoms with Gasteiger partial charge in [0.15, 0.2) is 0 Å². The summed E-state index contributed by atoms with van der Waals surface area (Å²) in [5.74, 6) is 0. The highest BCUT2D eigenvalue weighted by molar-refractivity contribution is 7.15. The molecular formula is C10H12ClN3S2. The van der Waals surface area contributed by atoms with Gasteiger partial charge in [0.05, 0.1) is 6.54 Å². The molecule has 86 valence electrons. The van der Waals surface area contributed by atoms with Crippen molar-refractivity contribution in [1.29, 1.82) is 0 Å². The molecule has 0 aromatic carbocycles. The van der Waals surface area contributed by atoms with Crippen molar-refractivity contribution >= 4 is 34.3 Å². The molecule has 16 heavy (non-hydrogen) atoms. The van der Waals surface area contributed by atoms with Gasteiger partial charge in [0.1, 0.15) is 5.01 Å². The van der Waals surface area contributed by atoms with Crippen molar-refractivity contribution in [2.75, 3.05) is 13.6 Å². The summed E-state index contributed by atoms with van der Waals surface area (Å²) in [6, 6.07) is 4.25. The van der Waals surface area contributed by atoms with E-state index in [9.17, 15) is 0 Å². The fraction of sp³-hybridized carbons (Fsp3) is 0.400. The topological polar surface area (TPSA) is 29.0 Å². The lowest BCUT2D eigenvalue weighted by Crippen LogP contribution is -2.20. The number of halogens is 1. The van der Waals surface area contributed by atoms with Crippen LogP contribution in [0.1, 0.15) is 9.88 Å². The number of likely N-dealkylation sites (N-methyl/N-ethyl adjacent to an activating group) is 1. The summed E-state index contributed by atoms with van der Waals surface area (Å²) in [6.45, 7) is 1.84. The molecule has 0 atom stereocenters. The Morgan fingerprint density at radius 2 is 2.31 bits per heavy atom. The molecule has 0 spiro atoms. The largest absolute Gasteiger partial charge is 0.299 e. The summed E-state index contributed by atoms with van der Waals surface area (Å²) in [6.07, 6.45) is 1.08. The van der Waals surface area contributed by atoms with Crippen molar-refractivity contribution in [3.8, 4) is 0 Å². The van der Waals surface area contributed by atoms with E-state index < -0.39 is 0 Å². The van der Waals surface area contributed by atoms with Crippen molar-refractivity contribution in [2.45, 2.75) is 13.0 Å². The van der Waals surface area contributed by atoms with Crippen molar-refractivity contribution in [1.82, 2.24) is 15.1 Å². The predicted molar refractivity (Wildman–Crippen MR) is 69.3 cm³/mol. The first-order valence-corrected chi connectivity index (χ1v) is 7.00. The van der Waals surface area contributed by atoms with Gasteiger partial charge in [0.2, 0.25) is 4.47 Å². The maximum Gasteiger partial charge on any atom is 0.207 e. The molecule has 0 fully saturated rings. The monoisotopic (exact) mass is 273 g/mol. The highest BCUT2D eigenvalue weighted by Gasteiger charge is 2.06. The van der Waals surface area contributed by atoms with Crippen molar-refractivity contribution in [3.05, 3.63) is 31.9 Å². The molecule has 2 aromatic heterocycles. The number of thiophene rings is 1. The van der Waals surface area contributed by atoms with E-state index in [0.29, 0.717) is 4.47 Å². The number of rotatable bonds is 5. The van der Waals surface area contributed by atoms with Gasteiger partial charge in [-0.05, 0) is 36.5 Å². The van der Waals surface area contributed by atoms with E-state index in [1.807, 2.05) is 0 Å². The minimum Gasteiger partial charge on any atom is -0.299 e. The van der Waals surface area contributed by atoms with Crippen LogP contribution in [0.4, 0.5) is 0 Å². The quantitative estimate of drug-likeness (QED) is 0.839. The normalized spacial score (nSPS) is 11.2. The first kappa shape index (κ1) is 12.0. The standard InChI is InChI=1S/C10H12ClN3S2/c1-14(5-4-8-3-2-6-15-8)7-9-12-13-10(11)16-9/h2-3,6H,4-5,7H2,1H3. The Bertz CT molecular complexity index is 427. The Labute approximate surface area is 108 Å². The molecule has 6 heteroatoms. The maximum atomic E-state index is 5.73. The zero-order chi connectivity index (χ0) is 11.4. The molecule has 0 saturated carbocycles. The van der Waals surface area contributed by atoms with Crippen LogP contribution < -0.4 is 0 Å². The van der Waals surface area contributed by atoms with Gasteiger partial charge in [-0.3, -0.25) is 4.90 Å². The molecule has 0 saturated heterocycles. The number of hydrogen-bond acceptors (Lipinski definition) is 5. The second-order valence-corrected chi connectivity index (χ2v) is 6.19. The summed E-state index contributed by atoms with van der Waals surface area (Å²) in [5.41, 5.74) is 0. The molecule has 0 aliphatic heterocycles. The summed E-state index contributed by atoms with van der Waals surface area (Å²) in [4.78, 5) is 3.65. The Hall–Kier alpha value is -0.490. The van der Waals surface area contributed by atoms with E-state index in [-0.39, 0.29) is 0 Å². The van der Waals surface area contributed by atoms with Crippen LogP contribution in [-0.2, 0) is 13.0 Å². The van der Waals surface area contributed by atoms with Crippen LogP contribution in [-0.4, -0.2) is 28.7 Å². The third-order valence-corrected chi connectivity index (χ3v) is 4.11. The first-order valence-electron chi connectivity index (χ1n) is 4.93. The van der Waals surface area contributed by atoms with Crippen LogP contribution in [0.5, 0.6) is 0 Å². The third-order valence-electron chi connectivity index (χ3n) is 2.17. The molecule has 0 unspecified atom stereocenters. The Morgan fingerprint density at radius 1 is 1.44 bits per heavy atom. The summed E-state index contributed by atoms with van der Waals surface area (Å²) in [7, 11) is 2.09. The highest BCUT2D eigenvalue weighted by atomic mass is 35.5. The van der Waals surface area contributed by atoms with Crippen LogP contribution >= 0.6 is 34.3 Å². The molecule has 3 nitrogen and oxygen atoms in total. The Morgan fingerprint density at radius 3 is 2.94 bits per heavy atom. The molecule has 0 bridgehead atoms. The van der Waals surface area contributed by atoms with Gasteiger partial charge in [-0.1, -0.05) is 17.4 Å². The van der Waals surface area contributed by atoms with Crippen LogP contribution in [0.3, 0.4) is 0 Å². The lowest BCUT2D eigenvalue weighted by Gasteiger charge is -2.13. The SMILES string of the molecule is CN(CCc1cccs1)Cc1nnc(Cl)s1. The zero-order valence-electron chi connectivity index (χ0n) is 8.89. The highest BCUT2D eigenvalue weighted by Crippen LogP contribution is 2.16. The molecule has 2 heterocycles. The Kier molecular flexibility index (Phi) is 4.29.